The third-order valence-electron chi connectivity index (χ3n) is 4.18. The quantitative estimate of drug-likeness (QED) is 0.649. The van der Waals surface area contributed by atoms with E-state index in [0.717, 1.165) is 30.2 Å². The lowest BCUT2D eigenvalue weighted by Gasteiger charge is -2.20. The molecule has 1 atom stereocenters. The van der Waals surface area contributed by atoms with Crippen molar-refractivity contribution in [1.29, 1.82) is 0 Å². The highest BCUT2D eigenvalue weighted by atomic mass is 35.5. The Morgan fingerprint density at radius 2 is 2.28 bits per heavy atom. The molecule has 0 spiro atoms. The molecule has 5 nitrogen and oxygen atoms in total. The van der Waals surface area contributed by atoms with Crippen molar-refractivity contribution in [3.8, 4) is 0 Å². The number of nitrogens with one attached hydrogen (secondary N) is 2. The highest BCUT2D eigenvalue weighted by Crippen LogP contribution is 2.23. The summed E-state index contributed by atoms with van der Waals surface area (Å²) in [5.41, 5.74) is 1.49. The number of guanidine groups is 1. The fourth-order valence-electron chi connectivity index (χ4n) is 2.89. The molecule has 1 aliphatic rings. The van der Waals surface area contributed by atoms with E-state index >= 15 is 0 Å². The molecule has 7 heteroatoms. The molecule has 3 rings (SSSR count). The average Bonchev–Trinajstić information content (AvgIpc) is 3.08. The van der Waals surface area contributed by atoms with E-state index in [2.05, 4.69) is 31.6 Å². The van der Waals surface area contributed by atoms with Crippen LogP contribution in [0.3, 0.4) is 0 Å². The molecular weight excluding hydrogens is 341 g/mol. The second-order valence-electron chi connectivity index (χ2n) is 5.91. The number of rotatable bonds is 4. The first kappa shape index (κ1) is 17.5. The maximum absolute atomic E-state index is 13.6. The highest BCUT2D eigenvalue weighted by molar-refractivity contribution is 6.30. The van der Waals surface area contributed by atoms with Gasteiger partial charge in [-0.25, -0.2) is 4.39 Å². The van der Waals surface area contributed by atoms with Gasteiger partial charge in [-0.3, -0.25) is 9.98 Å². The number of benzene rings is 1. The molecule has 1 unspecified atom stereocenters. The van der Waals surface area contributed by atoms with Crippen LogP contribution >= 0.6 is 11.6 Å². The molecule has 1 aromatic heterocycles. The van der Waals surface area contributed by atoms with Gasteiger partial charge in [-0.05, 0) is 36.8 Å². The van der Waals surface area contributed by atoms with Crippen LogP contribution in [0.5, 0.6) is 0 Å². The average molecular weight is 362 g/mol. The molecule has 2 N–H and O–H groups in total. The van der Waals surface area contributed by atoms with E-state index in [1.807, 2.05) is 18.2 Å². The number of nitrogens with zero attached hydrogens (tertiary/aromatic N) is 3. The molecule has 0 radical (unpaired) electrons. The molecule has 0 amide bonds. The second-order valence-corrected chi connectivity index (χ2v) is 6.35. The standard InChI is InChI=1S/C18H21ClFN5/c1-21-18(23-11-17-16(20)6-3-8-22-17)24-14-7-9-25(12-14)15-5-2-4-13(19)10-15/h2-6,8,10,14H,7,9,11-12H2,1H3,(H2,21,23,24). The predicted molar refractivity (Wildman–Crippen MR) is 99.6 cm³/mol. The summed E-state index contributed by atoms with van der Waals surface area (Å²) in [6, 6.07) is 11.1. The van der Waals surface area contributed by atoms with Crippen LogP contribution in [-0.2, 0) is 6.54 Å². The van der Waals surface area contributed by atoms with Crippen LogP contribution in [0.1, 0.15) is 12.1 Å². The van der Waals surface area contributed by atoms with Crippen molar-refractivity contribution in [2.24, 2.45) is 4.99 Å². The van der Waals surface area contributed by atoms with Gasteiger partial charge in [0.15, 0.2) is 5.96 Å². The normalized spacial score (nSPS) is 17.6. The van der Waals surface area contributed by atoms with Crippen LogP contribution in [0.2, 0.25) is 5.02 Å². The Morgan fingerprint density at radius 3 is 3.04 bits per heavy atom. The Hall–Kier alpha value is -2.34. The van der Waals surface area contributed by atoms with Crippen molar-refractivity contribution in [1.82, 2.24) is 15.6 Å². The van der Waals surface area contributed by atoms with E-state index in [1.54, 1.807) is 19.3 Å². The van der Waals surface area contributed by atoms with E-state index < -0.39 is 0 Å². The van der Waals surface area contributed by atoms with Crippen molar-refractivity contribution < 1.29 is 4.39 Å². The van der Waals surface area contributed by atoms with Gasteiger partial charge in [0.1, 0.15) is 5.82 Å². The molecule has 0 aliphatic carbocycles. The van der Waals surface area contributed by atoms with E-state index in [1.165, 1.54) is 6.07 Å². The maximum atomic E-state index is 13.6. The molecule has 25 heavy (non-hydrogen) atoms. The van der Waals surface area contributed by atoms with Crippen LogP contribution in [-0.4, -0.2) is 37.1 Å². The van der Waals surface area contributed by atoms with Gasteiger partial charge < -0.3 is 15.5 Å². The molecule has 132 valence electrons. The molecule has 1 fully saturated rings. The summed E-state index contributed by atoms with van der Waals surface area (Å²) in [6.07, 6.45) is 2.57. The summed E-state index contributed by atoms with van der Waals surface area (Å²) < 4.78 is 13.6. The largest absolute Gasteiger partial charge is 0.369 e. The number of hydrogen-bond acceptors (Lipinski definition) is 3. The molecule has 1 saturated heterocycles. The zero-order chi connectivity index (χ0) is 17.6. The summed E-state index contributed by atoms with van der Waals surface area (Å²) in [5.74, 6) is 0.321. The van der Waals surface area contributed by atoms with Gasteiger partial charge in [0.25, 0.3) is 0 Å². The summed E-state index contributed by atoms with van der Waals surface area (Å²) >= 11 is 6.07. The van der Waals surface area contributed by atoms with Gasteiger partial charge in [0.2, 0.25) is 0 Å². The molecule has 0 bridgehead atoms. The summed E-state index contributed by atoms with van der Waals surface area (Å²) in [5, 5.41) is 7.24. The summed E-state index contributed by atoms with van der Waals surface area (Å²) in [4.78, 5) is 10.5. The number of aromatic nitrogens is 1. The first-order chi connectivity index (χ1) is 12.2. The minimum absolute atomic E-state index is 0.263. The number of aliphatic imine (C=N–C) groups is 1. The van der Waals surface area contributed by atoms with E-state index in [4.69, 9.17) is 11.6 Å². The lowest BCUT2D eigenvalue weighted by Crippen LogP contribution is -2.44. The fourth-order valence-corrected chi connectivity index (χ4v) is 3.07. The third-order valence-corrected chi connectivity index (χ3v) is 4.42. The lowest BCUT2D eigenvalue weighted by molar-refractivity contribution is 0.589. The monoisotopic (exact) mass is 361 g/mol. The summed E-state index contributed by atoms with van der Waals surface area (Å²) in [6.45, 7) is 2.10. The minimum Gasteiger partial charge on any atom is -0.369 e. The van der Waals surface area contributed by atoms with Crippen molar-refractivity contribution in [2.45, 2.75) is 19.0 Å². The molecular formula is C18H21ClFN5. The number of halogens is 2. The van der Waals surface area contributed by atoms with Crippen molar-refractivity contribution in [3.05, 3.63) is 59.1 Å². The van der Waals surface area contributed by atoms with Crippen molar-refractivity contribution >= 4 is 23.2 Å². The molecule has 2 aromatic rings. The minimum atomic E-state index is -0.321. The Morgan fingerprint density at radius 1 is 1.40 bits per heavy atom. The van der Waals surface area contributed by atoms with Gasteiger partial charge in [-0.2, -0.15) is 0 Å². The highest BCUT2D eigenvalue weighted by Gasteiger charge is 2.23. The number of hydrogen-bond donors (Lipinski definition) is 2. The van der Waals surface area contributed by atoms with Crippen LogP contribution < -0.4 is 15.5 Å². The topological polar surface area (TPSA) is 52.6 Å². The third kappa shape index (κ3) is 4.60. The van der Waals surface area contributed by atoms with Crippen molar-refractivity contribution in [2.75, 3.05) is 25.0 Å². The molecule has 2 heterocycles. The number of pyridine rings is 1. The van der Waals surface area contributed by atoms with Crippen LogP contribution in [0.4, 0.5) is 10.1 Å². The van der Waals surface area contributed by atoms with Crippen LogP contribution in [0.25, 0.3) is 0 Å². The lowest BCUT2D eigenvalue weighted by atomic mass is 10.2. The first-order valence-corrected chi connectivity index (χ1v) is 8.60. The van der Waals surface area contributed by atoms with Gasteiger partial charge in [0, 0.05) is 43.1 Å². The molecule has 1 aromatic carbocycles. The Kier molecular flexibility index (Phi) is 5.71. The smallest absolute Gasteiger partial charge is 0.191 e. The van der Waals surface area contributed by atoms with Gasteiger partial charge in [-0.1, -0.05) is 17.7 Å². The maximum Gasteiger partial charge on any atom is 0.191 e. The zero-order valence-electron chi connectivity index (χ0n) is 14.0. The number of anilines is 1. The van der Waals surface area contributed by atoms with Crippen LogP contribution in [0, 0.1) is 5.82 Å². The molecule has 0 saturated carbocycles. The fraction of sp³-hybridized carbons (Fsp3) is 0.333. The Labute approximate surface area is 151 Å². The van der Waals surface area contributed by atoms with E-state index in [0.29, 0.717) is 11.7 Å². The zero-order valence-corrected chi connectivity index (χ0v) is 14.8. The van der Waals surface area contributed by atoms with Crippen molar-refractivity contribution in [3.63, 3.8) is 0 Å². The molecule has 1 aliphatic heterocycles. The van der Waals surface area contributed by atoms with Gasteiger partial charge in [0.05, 0.1) is 12.2 Å². The Balaban J connectivity index is 1.54. The van der Waals surface area contributed by atoms with E-state index in [-0.39, 0.29) is 18.4 Å². The second kappa shape index (κ2) is 8.16. The van der Waals surface area contributed by atoms with E-state index in [9.17, 15) is 4.39 Å². The first-order valence-electron chi connectivity index (χ1n) is 8.23. The van der Waals surface area contributed by atoms with Crippen LogP contribution in [0.15, 0.2) is 47.6 Å². The van der Waals surface area contributed by atoms with Gasteiger partial charge in [-0.15, -0.1) is 0 Å². The summed E-state index contributed by atoms with van der Waals surface area (Å²) in [7, 11) is 1.70. The SMILES string of the molecule is CN=C(NCc1ncccc1F)NC1CCN(c2cccc(Cl)c2)C1. The Bertz CT molecular complexity index is 752. The predicted octanol–water partition coefficient (Wildman–Crippen LogP) is 2.82. The van der Waals surface area contributed by atoms with Gasteiger partial charge >= 0.3 is 0 Å².